The highest BCUT2D eigenvalue weighted by Gasteiger charge is 2.35. The van der Waals surface area contributed by atoms with E-state index in [-0.39, 0.29) is 36.6 Å². The molecule has 9 heteroatoms. The molecule has 5 rings (SSSR count). The smallest absolute Gasteiger partial charge is 0.261 e. The van der Waals surface area contributed by atoms with Crippen molar-refractivity contribution in [2.45, 2.75) is 13.3 Å². The molecule has 0 saturated carbocycles. The van der Waals surface area contributed by atoms with Crippen LogP contribution in [0.15, 0.2) is 53.9 Å². The van der Waals surface area contributed by atoms with Crippen LogP contribution in [-0.2, 0) is 4.79 Å². The number of benzene rings is 2. The van der Waals surface area contributed by atoms with E-state index in [0.717, 1.165) is 16.2 Å². The van der Waals surface area contributed by atoms with Gasteiger partial charge in [-0.25, -0.2) is 4.52 Å². The number of nitrogens with zero attached hydrogens (tertiary/aromatic N) is 4. The average Bonchev–Trinajstić information content (AvgIpc) is 3.40. The minimum Gasteiger partial charge on any atom is -0.293 e. The molecule has 1 aliphatic heterocycles. The Hall–Kier alpha value is -3.85. The lowest BCUT2D eigenvalue weighted by Crippen LogP contribution is -2.33. The van der Waals surface area contributed by atoms with Crippen molar-refractivity contribution in [3.05, 3.63) is 70.6 Å². The Morgan fingerprint density at radius 2 is 1.71 bits per heavy atom. The van der Waals surface area contributed by atoms with Crippen molar-refractivity contribution >= 4 is 40.0 Å². The number of imide groups is 1. The van der Waals surface area contributed by atoms with Gasteiger partial charge in [-0.05, 0) is 19.1 Å². The lowest BCUT2D eigenvalue weighted by molar-refractivity contribution is -0.116. The van der Waals surface area contributed by atoms with E-state index in [1.165, 1.54) is 16.9 Å². The molecule has 0 aliphatic carbocycles. The van der Waals surface area contributed by atoms with Crippen LogP contribution in [0, 0.1) is 6.92 Å². The summed E-state index contributed by atoms with van der Waals surface area (Å²) < 4.78 is 1.69. The number of carbonyl (C=O) groups is 3. The fourth-order valence-electron chi connectivity index (χ4n) is 3.50. The number of nitrogens with one attached hydrogen (secondary N) is 1. The Morgan fingerprint density at radius 3 is 2.39 bits per heavy atom. The van der Waals surface area contributed by atoms with Gasteiger partial charge in [0, 0.05) is 23.9 Å². The second kappa shape index (κ2) is 7.44. The van der Waals surface area contributed by atoms with Gasteiger partial charge in [-0.2, -0.15) is 4.98 Å². The molecule has 3 heterocycles. The first kappa shape index (κ1) is 19.1. The molecule has 0 atom stereocenters. The maximum atomic E-state index is 12.4. The maximum absolute atomic E-state index is 12.4. The lowest BCUT2D eigenvalue weighted by Gasteiger charge is -2.12. The third kappa shape index (κ3) is 3.38. The Labute approximate surface area is 181 Å². The van der Waals surface area contributed by atoms with Crippen molar-refractivity contribution in [2.24, 2.45) is 0 Å². The van der Waals surface area contributed by atoms with Crippen LogP contribution < -0.4 is 5.32 Å². The Balaban J connectivity index is 1.27. The number of carbonyl (C=O) groups excluding carboxylic acids is 3. The second-order valence-corrected chi connectivity index (χ2v) is 8.06. The molecule has 3 amide bonds. The number of amides is 3. The number of hydrogen-bond donors (Lipinski definition) is 1. The summed E-state index contributed by atoms with van der Waals surface area (Å²) in [5.41, 5.74) is 3.80. The average molecular weight is 431 g/mol. The quantitative estimate of drug-likeness (QED) is 0.489. The predicted molar refractivity (Wildman–Crippen MR) is 116 cm³/mol. The van der Waals surface area contributed by atoms with Gasteiger partial charge in [-0.1, -0.05) is 42.0 Å². The first-order valence-electron chi connectivity index (χ1n) is 9.67. The van der Waals surface area contributed by atoms with Crippen molar-refractivity contribution in [1.82, 2.24) is 19.5 Å². The molecule has 1 aliphatic rings. The normalized spacial score (nSPS) is 13.1. The van der Waals surface area contributed by atoms with Gasteiger partial charge >= 0.3 is 0 Å². The zero-order valence-corrected chi connectivity index (χ0v) is 17.3. The third-order valence-electron chi connectivity index (χ3n) is 5.12. The zero-order valence-electron chi connectivity index (χ0n) is 16.5. The number of rotatable bonds is 5. The Bertz CT molecular complexity index is 1300. The largest absolute Gasteiger partial charge is 0.293 e. The molecule has 31 heavy (non-hydrogen) atoms. The van der Waals surface area contributed by atoms with Gasteiger partial charge in [0.25, 0.3) is 11.8 Å². The van der Waals surface area contributed by atoms with E-state index >= 15 is 0 Å². The Kier molecular flexibility index (Phi) is 4.59. The molecule has 2 aromatic carbocycles. The summed E-state index contributed by atoms with van der Waals surface area (Å²) in [7, 11) is 0. The fraction of sp³-hybridized carbons (Fsp3) is 0.136. The van der Waals surface area contributed by atoms with Gasteiger partial charge in [-0.3, -0.25) is 24.6 Å². The van der Waals surface area contributed by atoms with Crippen LogP contribution in [0.4, 0.5) is 5.95 Å². The first-order chi connectivity index (χ1) is 15.0. The number of aromatic nitrogens is 3. The molecule has 1 N–H and O–H groups in total. The number of fused-ring (bicyclic) bond motifs is 2. The van der Waals surface area contributed by atoms with Gasteiger partial charge in [0.1, 0.15) is 0 Å². The summed E-state index contributed by atoms with van der Waals surface area (Å²) in [4.78, 5) is 43.3. The van der Waals surface area contributed by atoms with Crippen LogP contribution in [0.25, 0.3) is 16.2 Å². The van der Waals surface area contributed by atoms with E-state index in [1.807, 2.05) is 36.6 Å². The van der Waals surface area contributed by atoms with E-state index in [2.05, 4.69) is 15.4 Å². The molecule has 0 spiro atoms. The monoisotopic (exact) mass is 431 g/mol. The van der Waals surface area contributed by atoms with Crippen molar-refractivity contribution in [2.75, 3.05) is 11.9 Å². The van der Waals surface area contributed by atoms with Gasteiger partial charge < -0.3 is 0 Å². The number of thiazole rings is 1. The minimum atomic E-state index is -0.378. The molecule has 154 valence electrons. The lowest BCUT2D eigenvalue weighted by atomic mass is 10.1. The SMILES string of the molecule is Cc1ccc(-c2csc3nc(NC(=O)CCN4C(=O)c5ccccc5C4=O)nn23)cc1. The third-order valence-corrected chi connectivity index (χ3v) is 5.94. The molecule has 0 saturated heterocycles. The molecule has 4 aromatic rings. The minimum absolute atomic E-state index is 0.00495. The summed E-state index contributed by atoms with van der Waals surface area (Å²) in [6.45, 7) is 2.02. The van der Waals surface area contributed by atoms with Crippen LogP contribution in [0.2, 0.25) is 0 Å². The van der Waals surface area contributed by atoms with Crippen LogP contribution in [0.5, 0.6) is 0 Å². The highest BCUT2D eigenvalue weighted by Crippen LogP contribution is 2.26. The highest BCUT2D eigenvalue weighted by atomic mass is 32.1. The molecule has 8 nitrogen and oxygen atoms in total. The number of aryl methyl sites for hydroxylation is 1. The summed E-state index contributed by atoms with van der Waals surface area (Å²) >= 11 is 1.43. The Morgan fingerprint density at radius 1 is 1.03 bits per heavy atom. The fourth-order valence-corrected chi connectivity index (χ4v) is 4.33. The second-order valence-electron chi connectivity index (χ2n) is 7.22. The highest BCUT2D eigenvalue weighted by molar-refractivity contribution is 7.15. The van der Waals surface area contributed by atoms with E-state index in [0.29, 0.717) is 16.1 Å². The molecular formula is C22H17N5O3S. The molecule has 0 bridgehead atoms. The van der Waals surface area contributed by atoms with E-state index in [4.69, 9.17) is 0 Å². The summed E-state index contributed by atoms with van der Waals surface area (Å²) in [6.07, 6.45) is -0.0385. The molecular weight excluding hydrogens is 414 g/mol. The summed E-state index contributed by atoms with van der Waals surface area (Å²) in [5, 5.41) is 9.01. The molecule has 2 aromatic heterocycles. The standard InChI is InChI=1S/C22H17N5O3S/c1-13-6-8-14(9-7-13)17-12-31-22-24-21(25-27(17)22)23-18(28)10-11-26-19(29)15-4-2-3-5-16(15)20(26)30/h2-9,12H,10-11H2,1H3,(H,23,25,28). The van der Waals surface area contributed by atoms with Crippen molar-refractivity contribution in [3.8, 4) is 11.3 Å². The summed E-state index contributed by atoms with van der Waals surface area (Å²) in [6, 6.07) is 14.7. The zero-order chi connectivity index (χ0) is 21.5. The van der Waals surface area contributed by atoms with Crippen molar-refractivity contribution in [1.29, 1.82) is 0 Å². The predicted octanol–water partition coefficient (Wildman–Crippen LogP) is 3.39. The molecule has 0 unspecified atom stereocenters. The maximum Gasteiger partial charge on any atom is 0.261 e. The van der Waals surface area contributed by atoms with Crippen molar-refractivity contribution < 1.29 is 14.4 Å². The van der Waals surface area contributed by atoms with Gasteiger partial charge in [-0.15, -0.1) is 16.4 Å². The van der Waals surface area contributed by atoms with E-state index in [9.17, 15) is 14.4 Å². The number of hydrogen-bond acceptors (Lipinski definition) is 6. The number of anilines is 1. The van der Waals surface area contributed by atoms with Crippen LogP contribution in [0.3, 0.4) is 0 Å². The van der Waals surface area contributed by atoms with E-state index in [1.54, 1.807) is 28.8 Å². The van der Waals surface area contributed by atoms with Crippen LogP contribution >= 0.6 is 11.3 Å². The molecule has 0 radical (unpaired) electrons. The van der Waals surface area contributed by atoms with Crippen molar-refractivity contribution in [3.63, 3.8) is 0 Å². The van der Waals surface area contributed by atoms with E-state index < -0.39 is 0 Å². The summed E-state index contributed by atoms with van der Waals surface area (Å²) in [5.74, 6) is -0.937. The van der Waals surface area contributed by atoms with Crippen LogP contribution in [-0.4, -0.2) is 43.8 Å². The van der Waals surface area contributed by atoms with Gasteiger partial charge in [0.05, 0.1) is 16.8 Å². The first-order valence-corrected chi connectivity index (χ1v) is 10.6. The van der Waals surface area contributed by atoms with Crippen LogP contribution in [0.1, 0.15) is 32.7 Å². The molecule has 0 fully saturated rings. The topological polar surface area (TPSA) is 96.7 Å². The van der Waals surface area contributed by atoms with Gasteiger partial charge in [0.15, 0.2) is 0 Å². The van der Waals surface area contributed by atoms with Gasteiger partial charge in [0.2, 0.25) is 16.8 Å².